The lowest BCUT2D eigenvalue weighted by Gasteiger charge is -2.29. The Morgan fingerprint density at radius 3 is 2.67 bits per heavy atom. The fourth-order valence-electron chi connectivity index (χ4n) is 2.10. The molecule has 2 rings (SSSR count). The second-order valence-electron chi connectivity index (χ2n) is 4.24. The summed E-state index contributed by atoms with van der Waals surface area (Å²) in [6.45, 7) is 0.998. The summed E-state index contributed by atoms with van der Waals surface area (Å²) in [7, 11) is -2.12. The summed E-state index contributed by atoms with van der Waals surface area (Å²) >= 11 is 0. The molecule has 0 atom stereocenters. The highest BCUT2D eigenvalue weighted by atomic mass is 32.2. The van der Waals surface area contributed by atoms with Crippen LogP contribution in [0.2, 0.25) is 0 Å². The smallest absolute Gasteiger partial charge is 0.242 e. The number of para-hydroxylation sites is 1. The molecule has 0 aromatic heterocycles. The van der Waals surface area contributed by atoms with Gasteiger partial charge in [-0.2, -0.15) is 0 Å². The van der Waals surface area contributed by atoms with Gasteiger partial charge in [0.15, 0.2) is 5.78 Å². The molecule has 18 heavy (non-hydrogen) atoms. The first kappa shape index (κ1) is 13.0. The molecule has 1 aromatic rings. The molecule has 5 nitrogen and oxygen atoms in total. The van der Waals surface area contributed by atoms with E-state index in [2.05, 4.69) is 4.72 Å². The predicted octanol–water partition coefficient (Wildman–Crippen LogP) is 0.764. The Morgan fingerprint density at radius 1 is 1.28 bits per heavy atom. The summed E-state index contributed by atoms with van der Waals surface area (Å²) in [6.07, 6.45) is 1.35. The molecule has 1 fully saturated rings. The maximum atomic E-state index is 11.9. The third-order valence-corrected chi connectivity index (χ3v) is 4.48. The van der Waals surface area contributed by atoms with E-state index in [1.807, 2.05) is 4.90 Å². The molecule has 0 spiro atoms. The van der Waals surface area contributed by atoms with Gasteiger partial charge in [0.25, 0.3) is 0 Å². The Labute approximate surface area is 107 Å². The Kier molecular flexibility index (Phi) is 3.68. The Bertz CT molecular complexity index is 554. The molecule has 1 aliphatic rings. The average Bonchev–Trinajstić information content (AvgIpc) is 2.39. The van der Waals surface area contributed by atoms with Crippen molar-refractivity contribution in [3.8, 4) is 0 Å². The zero-order chi connectivity index (χ0) is 13.2. The number of nitrogens with zero attached hydrogens (tertiary/aromatic N) is 1. The molecule has 0 amide bonds. The van der Waals surface area contributed by atoms with Gasteiger partial charge in [-0.25, -0.2) is 13.1 Å². The summed E-state index contributed by atoms with van der Waals surface area (Å²) in [4.78, 5) is 13.5. The molecule has 0 aliphatic carbocycles. The SMILES string of the molecule is CNS(=O)(=O)c1ccccc1N1CCCC(=O)C1. The number of Topliss-reactive ketones (excluding diaryl/α,β-unsaturated/α-hetero) is 1. The van der Waals surface area contributed by atoms with Gasteiger partial charge in [-0.05, 0) is 25.6 Å². The molecule has 0 saturated carbocycles. The highest BCUT2D eigenvalue weighted by Gasteiger charge is 2.23. The Morgan fingerprint density at radius 2 is 2.00 bits per heavy atom. The quantitative estimate of drug-likeness (QED) is 0.879. The molecular formula is C12H16N2O3S. The minimum atomic E-state index is -3.50. The number of nitrogens with one attached hydrogen (secondary N) is 1. The minimum absolute atomic E-state index is 0.151. The molecular weight excluding hydrogens is 252 g/mol. The normalized spacial score (nSPS) is 16.9. The fraction of sp³-hybridized carbons (Fsp3) is 0.417. The molecule has 0 radical (unpaired) electrons. The number of anilines is 1. The lowest BCUT2D eigenvalue weighted by atomic mass is 10.1. The van der Waals surface area contributed by atoms with Crippen molar-refractivity contribution >= 4 is 21.5 Å². The maximum Gasteiger partial charge on any atom is 0.242 e. The van der Waals surface area contributed by atoms with Gasteiger partial charge in [0.2, 0.25) is 10.0 Å². The topological polar surface area (TPSA) is 66.5 Å². The van der Waals surface area contributed by atoms with Crippen LogP contribution < -0.4 is 9.62 Å². The first-order valence-corrected chi connectivity index (χ1v) is 7.32. The summed E-state index contributed by atoms with van der Waals surface area (Å²) in [5.74, 6) is 0.151. The van der Waals surface area contributed by atoms with E-state index in [-0.39, 0.29) is 17.2 Å². The molecule has 0 unspecified atom stereocenters. The number of carbonyl (C=O) groups excluding carboxylic acids is 1. The summed E-state index contributed by atoms with van der Waals surface area (Å²) in [6, 6.07) is 6.76. The third-order valence-electron chi connectivity index (χ3n) is 3.02. The zero-order valence-electron chi connectivity index (χ0n) is 10.2. The lowest BCUT2D eigenvalue weighted by molar-refractivity contribution is -0.118. The number of hydrogen-bond acceptors (Lipinski definition) is 4. The third kappa shape index (κ3) is 2.54. The number of hydrogen-bond donors (Lipinski definition) is 1. The average molecular weight is 268 g/mol. The van der Waals surface area contributed by atoms with Crippen molar-refractivity contribution in [1.29, 1.82) is 0 Å². The predicted molar refractivity (Wildman–Crippen MR) is 69.1 cm³/mol. The number of piperidine rings is 1. The minimum Gasteiger partial charge on any atom is -0.363 e. The van der Waals surface area contributed by atoms with Crippen molar-refractivity contribution in [3.63, 3.8) is 0 Å². The number of sulfonamides is 1. The van der Waals surface area contributed by atoms with Gasteiger partial charge in [-0.3, -0.25) is 4.79 Å². The molecule has 1 aromatic carbocycles. The van der Waals surface area contributed by atoms with Gasteiger partial charge in [0, 0.05) is 13.0 Å². The van der Waals surface area contributed by atoms with Gasteiger partial charge in [0.1, 0.15) is 4.90 Å². The highest BCUT2D eigenvalue weighted by molar-refractivity contribution is 7.89. The maximum absolute atomic E-state index is 11.9. The van der Waals surface area contributed by atoms with Crippen LogP contribution in [0.5, 0.6) is 0 Å². The molecule has 1 heterocycles. The van der Waals surface area contributed by atoms with Crippen molar-refractivity contribution in [3.05, 3.63) is 24.3 Å². The van der Waals surface area contributed by atoms with Crippen LogP contribution in [0.25, 0.3) is 0 Å². The number of rotatable bonds is 3. The monoisotopic (exact) mass is 268 g/mol. The van der Waals surface area contributed by atoms with Crippen LogP contribution in [0.4, 0.5) is 5.69 Å². The van der Waals surface area contributed by atoms with E-state index in [1.54, 1.807) is 24.3 Å². The van der Waals surface area contributed by atoms with Gasteiger partial charge in [-0.1, -0.05) is 12.1 Å². The zero-order valence-corrected chi connectivity index (χ0v) is 11.0. The van der Waals surface area contributed by atoms with Crippen molar-refractivity contribution in [1.82, 2.24) is 4.72 Å². The molecule has 1 saturated heterocycles. The Hall–Kier alpha value is -1.40. The van der Waals surface area contributed by atoms with Crippen LogP contribution in [-0.2, 0) is 14.8 Å². The first-order valence-electron chi connectivity index (χ1n) is 5.84. The molecule has 0 bridgehead atoms. The van der Waals surface area contributed by atoms with Crippen LogP contribution in [0.1, 0.15) is 12.8 Å². The van der Waals surface area contributed by atoms with Crippen LogP contribution >= 0.6 is 0 Å². The second-order valence-corrected chi connectivity index (χ2v) is 6.09. The van der Waals surface area contributed by atoms with E-state index < -0.39 is 10.0 Å². The van der Waals surface area contributed by atoms with E-state index in [0.717, 1.165) is 6.42 Å². The second kappa shape index (κ2) is 5.07. The summed E-state index contributed by atoms with van der Waals surface area (Å²) in [5, 5.41) is 0. The molecule has 1 N–H and O–H groups in total. The standard InChI is InChI=1S/C12H16N2O3S/c1-13-18(16,17)12-7-3-2-6-11(12)14-8-4-5-10(15)9-14/h2-3,6-7,13H,4-5,8-9H2,1H3. The molecule has 1 aliphatic heterocycles. The van der Waals surface area contributed by atoms with Crippen molar-refractivity contribution in [2.75, 3.05) is 25.0 Å². The number of ketones is 1. The van der Waals surface area contributed by atoms with E-state index >= 15 is 0 Å². The summed E-state index contributed by atoms with van der Waals surface area (Å²) < 4.78 is 26.2. The van der Waals surface area contributed by atoms with E-state index in [4.69, 9.17) is 0 Å². The number of carbonyl (C=O) groups is 1. The van der Waals surface area contributed by atoms with Gasteiger partial charge in [-0.15, -0.1) is 0 Å². The summed E-state index contributed by atoms with van der Waals surface area (Å²) in [5.41, 5.74) is 0.597. The molecule has 98 valence electrons. The Balaban J connectivity index is 2.42. The lowest BCUT2D eigenvalue weighted by Crippen LogP contribution is -2.36. The van der Waals surface area contributed by atoms with E-state index in [1.165, 1.54) is 7.05 Å². The number of benzene rings is 1. The van der Waals surface area contributed by atoms with Crippen LogP contribution in [0.3, 0.4) is 0 Å². The van der Waals surface area contributed by atoms with Crippen LogP contribution in [-0.4, -0.2) is 34.3 Å². The van der Waals surface area contributed by atoms with Gasteiger partial charge >= 0.3 is 0 Å². The van der Waals surface area contributed by atoms with Gasteiger partial charge in [0.05, 0.1) is 12.2 Å². The fourth-order valence-corrected chi connectivity index (χ4v) is 3.05. The largest absolute Gasteiger partial charge is 0.363 e. The van der Waals surface area contributed by atoms with Crippen molar-refractivity contribution in [2.45, 2.75) is 17.7 Å². The van der Waals surface area contributed by atoms with Crippen LogP contribution in [0.15, 0.2) is 29.2 Å². The van der Waals surface area contributed by atoms with E-state index in [9.17, 15) is 13.2 Å². The molecule has 6 heteroatoms. The van der Waals surface area contributed by atoms with Gasteiger partial charge < -0.3 is 4.90 Å². The first-order chi connectivity index (χ1) is 8.54. The van der Waals surface area contributed by atoms with Crippen LogP contribution in [0, 0.1) is 0 Å². The van der Waals surface area contributed by atoms with Crippen molar-refractivity contribution < 1.29 is 13.2 Å². The highest BCUT2D eigenvalue weighted by Crippen LogP contribution is 2.26. The van der Waals surface area contributed by atoms with Crippen molar-refractivity contribution in [2.24, 2.45) is 0 Å². The van der Waals surface area contributed by atoms with E-state index in [0.29, 0.717) is 18.7 Å².